The largest absolute Gasteiger partial charge is 0.325 e. The van der Waals surface area contributed by atoms with E-state index in [9.17, 15) is 4.79 Å². The monoisotopic (exact) mass is 292 g/mol. The van der Waals surface area contributed by atoms with Crippen molar-refractivity contribution in [2.24, 2.45) is 0 Å². The second-order valence-corrected chi connectivity index (χ2v) is 6.65. The van der Waals surface area contributed by atoms with Gasteiger partial charge in [0.15, 0.2) is 0 Å². The SMILES string of the molecule is CSC1CCCC(NCC(=O)Nc2ccc(C)cc2)C1. The Morgan fingerprint density at radius 1 is 1.30 bits per heavy atom. The topological polar surface area (TPSA) is 41.1 Å². The number of carbonyl (C=O) groups is 1. The fourth-order valence-electron chi connectivity index (χ4n) is 2.62. The third-order valence-electron chi connectivity index (χ3n) is 3.85. The molecule has 2 N–H and O–H groups in total. The lowest BCUT2D eigenvalue weighted by atomic mass is 9.95. The van der Waals surface area contributed by atoms with Crippen LogP contribution in [-0.2, 0) is 4.79 Å². The summed E-state index contributed by atoms with van der Waals surface area (Å²) >= 11 is 1.95. The molecule has 4 heteroatoms. The minimum atomic E-state index is 0.0418. The summed E-state index contributed by atoms with van der Waals surface area (Å²) in [5.74, 6) is 0.0418. The Morgan fingerprint density at radius 2 is 2.05 bits per heavy atom. The highest BCUT2D eigenvalue weighted by Crippen LogP contribution is 2.26. The van der Waals surface area contributed by atoms with Gasteiger partial charge in [-0.15, -0.1) is 0 Å². The Labute approximate surface area is 125 Å². The molecule has 2 atom stereocenters. The zero-order valence-electron chi connectivity index (χ0n) is 12.3. The lowest BCUT2D eigenvalue weighted by Gasteiger charge is -2.28. The summed E-state index contributed by atoms with van der Waals surface area (Å²) in [6, 6.07) is 8.39. The number of anilines is 1. The van der Waals surface area contributed by atoms with Crippen LogP contribution in [0.1, 0.15) is 31.2 Å². The molecule has 0 aromatic heterocycles. The van der Waals surface area contributed by atoms with Crippen molar-refractivity contribution >= 4 is 23.4 Å². The molecule has 0 heterocycles. The Morgan fingerprint density at radius 3 is 2.75 bits per heavy atom. The highest BCUT2D eigenvalue weighted by atomic mass is 32.2. The molecule has 110 valence electrons. The number of nitrogens with one attached hydrogen (secondary N) is 2. The van der Waals surface area contributed by atoms with Crippen molar-refractivity contribution in [2.45, 2.75) is 43.9 Å². The molecule has 2 rings (SSSR count). The fraction of sp³-hybridized carbons (Fsp3) is 0.562. The van der Waals surface area contributed by atoms with Gasteiger partial charge in [-0.05, 0) is 44.6 Å². The second-order valence-electron chi connectivity index (χ2n) is 5.52. The van der Waals surface area contributed by atoms with E-state index in [-0.39, 0.29) is 5.91 Å². The van der Waals surface area contributed by atoms with Crippen LogP contribution in [0.3, 0.4) is 0 Å². The van der Waals surface area contributed by atoms with E-state index in [2.05, 4.69) is 16.9 Å². The summed E-state index contributed by atoms with van der Waals surface area (Å²) in [7, 11) is 0. The minimum Gasteiger partial charge on any atom is -0.325 e. The molecule has 2 unspecified atom stereocenters. The van der Waals surface area contributed by atoms with Gasteiger partial charge >= 0.3 is 0 Å². The maximum Gasteiger partial charge on any atom is 0.238 e. The molecule has 1 aliphatic carbocycles. The van der Waals surface area contributed by atoms with Gasteiger partial charge in [0.1, 0.15) is 0 Å². The van der Waals surface area contributed by atoms with Crippen molar-refractivity contribution in [3.05, 3.63) is 29.8 Å². The Balaban J connectivity index is 1.73. The summed E-state index contributed by atoms with van der Waals surface area (Å²) in [4.78, 5) is 11.9. The van der Waals surface area contributed by atoms with Crippen LogP contribution in [0, 0.1) is 6.92 Å². The fourth-order valence-corrected chi connectivity index (χ4v) is 3.45. The summed E-state index contributed by atoms with van der Waals surface area (Å²) in [6.07, 6.45) is 7.13. The molecule has 1 fully saturated rings. The molecule has 1 aliphatic rings. The van der Waals surface area contributed by atoms with Gasteiger partial charge in [0.25, 0.3) is 0 Å². The molecule has 3 nitrogen and oxygen atoms in total. The maximum atomic E-state index is 11.9. The Bertz CT molecular complexity index is 433. The first kappa shape index (κ1) is 15.4. The van der Waals surface area contributed by atoms with Crippen LogP contribution in [0.5, 0.6) is 0 Å². The molecule has 0 spiro atoms. The van der Waals surface area contributed by atoms with Gasteiger partial charge in [0, 0.05) is 17.0 Å². The number of hydrogen-bond donors (Lipinski definition) is 2. The van der Waals surface area contributed by atoms with Crippen molar-refractivity contribution in [2.75, 3.05) is 18.1 Å². The number of hydrogen-bond acceptors (Lipinski definition) is 3. The number of rotatable bonds is 5. The standard InChI is InChI=1S/C16H24N2OS/c1-12-6-8-13(9-7-12)18-16(19)11-17-14-4-3-5-15(10-14)20-2/h6-9,14-15,17H,3-5,10-11H2,1-2H3,(H,18,19). The summed E-state index contributed by atoms with van der Waals surface area (Å²) in [6.45, 7) is 2.44. The van der Waals surface area contributed by atoms with E-state index in [4.69, 9.17) is 0 Å². The molecule has 1 aromatic rings. The average Bonchev–Trinajstić information content (AvgIpc) is 2.48. The van der Waals surface area contributed by atoms with Crippen LogP contribution in [0.2, 0.25) is 0 Å². The smallest absolute Gasteiger partial charge is 0.238 e. The van der Waals surface area contributed by atoms with Crippen LogP contribution in [0.4, 0.5) is 5.69 Å². The zero-order chi connectivity index (χ0) is 14.4. The van der Waals surface area contributed by atoms with Crippen LogP contribution in [0.25, 0.3) is 0 Å². The number of amides is 1. The lowest BCUT2D eigenvalue weighted by molar-refractivity contribution is -0.115. The molecule has 20 heavy (non-hydrogen) atoms. The Kier molecular flexibility index (Phi) is 5.92. The summed E-state index contributed by atoms with van der Waals surface area (Å²) < 4.78 is 0. The predicted molar refractivity (Wildman–Crippen MR) is 87.4 cm³/mol. The van der Waals surface area contributed by atoms with Gasteiger partial charge in [-0.25, -0.2) is 0 Å². The van der Waals surface area contributed by atoms with Crippen molar-refractivity contribution in [3.63, 3.8) is 0 Å². The van der Waals surface area contributed by atoms with E-state index < -0.39 is 0 Å². The van der Waals surface area contributed by atoms with E-state index >= 15 is 0 Å². The van der Waals surface area contributed by atoms with Gasteiger partial charge in [-0.3, -0.25) is 4.79 Å². The van der Waals surface area contributed by atoms with E-state index in [1.807, 2.05) is 43.0 Å². The van der Waals surface area contributed by atoms with Crippen molar-refractivity contribution < 1.29 is 4.79 Å². The Hall–Kier alpha value is -1.00. The molecule has 0 bridgehead atoms. The van der Waals surface area contributed by atoms with E-state index in [0.29, 0.717) is 12.6 Å². The van der Waals surface area contributed by atoms with Crippen molar-refractivity contribution in [3.8, 4) is 0 Å². The van der Waals surface area contributed by atoms with Crippen LogP contribution < -0.4 is 10.6 Å². The molecule has 0 saturated heterocycles. The first-order valence-corrected chi connectivity index (χ1v) is 8.59. The van der Waals surface area contributed by atoms with Crippen LogP contribution in [0.15, 0.2) is 24.3 Å². The third-order valence-corrected chi connectivity index (χ3v) is 4.94. The van der Waals surface area contributed by atoms with Crippen LogP contribution in [-0.4, -0.2) is 30.0 Å². The lowest BCUT2D eigenvalue weighted by Crippen LogP contribution is -2.39. The van der Waals surface area contributed by atoms with Crippen molar-refractivity contribution in [1.29, 1.82) is 0 Å². The first-order chi connectivity index (χ1) is 9.67. The highest BCUT2D eigenvalue weighted by molar-refractivity contribution is 7.99. The van der Waals surface area contributed by atoms with E-state index in [1.54, 1.807) is 0 Å². The minimum absolute atomic E-state index is 0.0418. The normalized spacial score (nSPS) is 22.5. The molecule has 1 saturated carbocycles. The quantitative estimate of drug-likeness (QED) is 0.875. The van der Waals surface area contributed by atoms with Gasteiger partial charge in [-0.1, -0.05) is 24.1 Å². The first-order valence-electron chi connectivity index (χ1n) is 7.30. The zero-order valence-corrected chi connectivity index (χ0v) is 13.1. The number of aryl methyl sites for hydroxylation is 1. The maximum absolute atomic E-state index is 11.9. The van der Waals surface area contributed by atoms with Gasteiger partial charge in [-0.2, -0.15) is 11.8 Å². The van der Waals surface area contributed by atoms with Gasteiger partial charge in [0.2, 0.25) is 5.91 Å². The molecule has 0 aliphatic heterocycles. The molecule has 1 aromatic carbocycles. The van der Waals surface area contributed by atoms with Gasteiger partial charge < -0.3 is 10.6 Å². The predicted octanol–water partition coefficient (Wildman–Crippen LogP) is 3.20. The van der Waals surface area contributed by atoms with E-state index in [0.717, 1.165) is 10.9 Å². The summed E-state index contributed by atoms with van der Waals surface area (Å²) in [5.41, 5.74) is 2.07. The number of carbonyl (C=O) groups excluding carboxylic acids is 1. The molecule has 1 amide bonds. The summed E-state index contributed by atoms with van der Waals surface area (Å²) in [5, 5.41) is 7.07. The van der Waals surface area contributed by atoms with Gasteiger partial charge in [0.05, 0.1) is 6.54 Å². The van der Waals surface area contributed by atoms with Crippen molar-refractivity contribution in [1.82, 2.24) is 5.32 Å². The number of thioether (sulfide) groups is 1. The second kappa shape index (κ2) is 7.70. The van der Waals surface area contributed by atoms with E-state index in [1.165, 1.54) is 31.2 Å². The van der Waals surface area contributed by atoms with Crippen LogP contribution >= 0.6 is 11.8 Å². The molecule has 0 radical (unpaired) electrons. The molecular formula is C16H24N2OS. The average molecular weight is 292 g/mol. The molecular weight excluding hydrogens is 268 g/mol. The third kappa shape index (κ3) is 4.84. The highest BCUT2D eigenvalue weighted by Gasteiger charge is 2.21. The number of benzene rings is 1.